The normalized spacial score (nSPS) is 20.1. The van der Waals surface area contributed by atoms with Gasteiger partial charge in [0.25, 0.3) is 0 Å². The largest absolute Gasteiger partial charge is 0.381 e. The molecule has 1 fully saturated rings. The number of ether oxygens (including phenoxy) is 1. The van der Waals surface area contributed by atoms with Crippen LogP contribution in [-0.4, -0.2) is 24.0 Å². The second-order valence-corrected chi connectivity index (χ2v) is 5.51. The number of rotatable bonds is 6. The molecule has 1 aliphatic rings. The standard InChI is InChI=1S/C13H19NO2S/c1-10-13(17-9-14-10)6-8-16-7-5-11-3-2-4-12(11)15/h9,11H,2-8H2,1H3. The van der Waals surface area contributed by atoms with Crippen molar-refractivity contribution in [3.63, 3.8) is 0 Å². The van der Waals surface area contributed by atoms with Gasteiger partial charge in [-0.25, -0.2) is 4.98 Å². The lowest BCUT2D eigenvalue weighted by molar-refractivity contribution is -0.121. The van der Waals surface area contributed by atoms with Gasteiger partial charge in [0.2, 0.25) is 0 Å². The lowest BCUT2D eigenvalue weighted by Gasteiger charge is -2.08. The average Bonchev–Trinajstić information content (AvgIpc) is 2.89. The Morgan fingerprint density at radius 2 is 2.41 bits per heavy atom. The monoisotopic (exact) mass is 253 g/mol. The van der Waals surface area contributed by atoms with Gasteiger partial charge in [0, 0.05) is 30.2 Å². The summed E-state index contributed by atoms with van der Waals surface area (Å²) in [6, 6.07) is 0. The number of hydrogen-bond donors (Lipinski definition) is 0. The van der Waals surface area contributed by atoms with Crippen molar-refractivity contribution in [1.82, 2.24) is 4.98 Å². The molecular formula is C13H19NO2S. The molecule has 0 N–H and O–H groups in total. The van der Waals surface area contributed by atoms with E-state index in [4.69, 9.17) is 4.74 Å². The molecule has 1 aromatic rings. The molecule has 1 aliphatic carbocycles. The van der Waals surface area contributed by atoms with Crippen molar-refractivity contribution in [2.75, 3.05) is 13.2 Å². The molecule has 3 nitrogen and oxygen atoms in total. The van der Waals surface area contributed by atoms with Gasteiger partial charge in [-0.1, -0.05) is 0 Å². The van der Waals surface area contributed by atoms with Crippen LogP contribution in [0.3, 0.4) is 0 Å². The summed E-state index contributed by atoms with van der Waals surface area (Å²) < 4.78 is 5.60. The third-order valence-corrected chi connectivity index (χ3v) is 4.35. The second-order valence-electron chi connectivity index (χ2n) is 4.57. The Kier molecular flexibility index (Phi) is 4.68. The molecule has 4 heteroatoms. The van der Waals surface area contributed by atoms with E-state index in [2.05, 4.69) is 4.98 Å². The lowest BCUT2D eigenvalue weighted by atomic mass is 10.0. The minimum absolute atomic E-state index is 0.278. The second kappa shape index (κ2) is 6.26. The van der Waals surface area contributed by atoms with Gasteiger partial charge in [0.15, 0.2) is 0 Å². The summed E-state index contributed by atoms with van der Waals surface area (Å²) in [6.07, 6.45) is 4.76. The van der Waals surface area contributed by atoms with Gasteiger partial charge in [-0.15, -0.1) is 11.3 Å². The Morgan fingerprint density at radius 3 is 3.06 bits per heavy atom. The van der Waals surface area contributed by atoms with Crippen LogP contribution in [0.15, 0.2) is 5.51 Å². The molecular weight excluding hydrogens is 234 g/mol. The Hall–Kier alpha value is -0.740. The SMILES string of the molecule is Cc1ncsc1CCOCCC1CCCC1=O. The summed E-state index contributed by atoms with van der Waals surface area (Å²) in [4.78, 5) is 16.9. The molecule has 1 saturated carbocycles. The van der Waals surface area contributed by atoms with Gasteiger partial charge in [0.05, 0.1) is 17.8 Å². The van der Waals surface area contributed by atoms with Crippen molar-refractivity contribution in [3.05, 3.63) is 16.1 Å². The van der Waals surface area contributed by atoms with Crippen molar-refractivity contribution in [2.45, 2.75) is 39.0 Å². The zero-order chi connectivity index (χ0) is 12.1. The number of Topliss-reactive ketones (excluding diaryl/α,β-unsaturated/α-hetero) is 1. The van der Waals surface area contributed by atoms with E-state index in [9.17, 15) is 4.79 Å². The van der Waals surface area contributed by atoms with E-state index >= 15 is 0 Å². The van der Waals surface area contributed by atoms with Gasteiger partial charge in [-0.3, -0.25) is 4.79 Å². The number of carbonyl (C=O) groups is 1. The van der Waals surface area contributed by atoms with Crippen molar-refractivity contribution in [1.29, 1.82) is 0 Å². The maximum absolute atomic E-state index is 11.4. The van der Waals surface area contributed by atoms with Crippen LogP contribution < -0.4 is 0 Å². The Morgan fingerprint density at radius 1 is 1.53 bits per heavy atom. The van der Waals surface area contributed by atoms with Crippen LogP contribution in [-0.2, 0) is 16.0 Å². The highest BCUT2D eigenvalue weighted by molar-refractivity contribution is 7.09. The highest BCUT2D eigenvalue weighted by atomic mass is 32.1. The summed E-state index contributed by atoms with van der Waals surface area (Å²) in [7, 11) is 0. The van der Waals surface area contributed by atoms with Gasteiger partial charge < -0.3 is 4.74 Å². The smallest absolute Gasteiger partial charge is 0.136 e. The van der Waals surface area contributed by atoms with Crippen LogP contribution in [0.25, 0.3) is 0 Å². The van der Waals surface area contributed by atoms with Gasteiger partial charge >= 0.3 is 0 Å². The molecule has 94 valence electrons. The quantitative estimate of drug-likeness (QED) is 0.732. The summed E-state index contributed by atoms with van der Waals surface area (Å²) in [5, 5.41) is 0. The van der Waals surface area contributed by atoms with Crippen molar-refractivity contribution >= 4 is 17.1 Å². The number of ketones is 1. The van der Waals surface area contributed by atoms with E-state index < -0.39 is 0 Å². The van der Waals surface area contributed by atoms with Crippen LogP contribution in [0.4, 0.5) is 0 Å². The summed E-state index contributed by atoms with van der Waals surface area (Å²) in [6.45, 7) is 3.49. The van der Waals surface area contributed by atoms with Crippen LogP contribution in [0.1, 0.15) is 36.3 Å². The molecule has 1 unspecified atom stereocenters. The first-order chi connectivity index (χ1) is 8.27. The van der Waals surface area contributed by atoms with Crippen molar-refractivity contribution in [2.24, 2.45) is 5.92 Å². The minimum atomic E-state index is 0.278. The van der Waals surface area contributed by atoms with Crippen LogP contribution in [0.5, 0.6) is 0 Å². The maximum atomic E-state index is 11.4. The number of hydrogen-bond acceptors (Lipinski definition) is 4. The molecule has 0 aliphatic heterocycles. The molecule has 0 bridgehead atoms. The van der Waals surface area contributed by atoms with Crippen LogP contribution in [0, 0.1) is 12.8 Å². The third-order valence-electron chi connectivity index (χ3n) is 3.36. The molecule has 17 heavy (non-hydrogen) atoms. The molecule has 0 radical (unpaired) electrons. The summed E-state index contributed by atoms with van der Waals surface area (Å²) >= 11 is 1.69. The molecule has 2 rings (SSSR count). The van der Waals surface area contributed by atoms with Gasteiger partial charge in [-0.05, 0) is 26.2 Å². The van der Waals surface area contributed by atoms with Crippen molar-refractivity contribution in [3.8, 4) is 0 Å². The van der Waals surface area contributed by atoms with E-state index in [1.165, 1.54) is 4.88 Å². The van der Waals surface area contributed by atoms with Gasteiger partial charge in [-0.2, -0.15) is 0 Å². The lowest BCUT2D eigenvalue weighted by Crippen LogP contribution is -2.10. The fourth-order valence-electron chi connectivity index (χ4n) is 2.25. The predicted octanol–water partition coefficient (Wildman–Crippen LogP) is 2.77. The Bertz CT molecular complexity index is 375. The first kappa shape index (κ1) is 12.7. The highest BCUT2D eigenvalue weighted by Gasteiger charge is 2.23. The number of thiazole rings is 1. The number of aryl methyl sites for hydroxylation is 1. The highest BCUT2D eigenvalue weighted by Crippen LogP contribution is 2.24. The topological polar surface area (TPSA) is 39.2 Å². The zero-order valence-corrected chi connectivity index (χ0v) is 11.1. The first-order valence-electron chi connectivity index (χ1n) is 6.27. The number of carbonyl (C=O) groups excluding carboxylic acids is 1. The van der Waals surface area contributed by atoms with Gasteiger partial charge in [0.1, 0.15) is 5.78 Å². The van der Waals surface area contributed by atoms with E-state index in [-0.39, 0.29) is 5.92 Å². The molecule has 1 aromatic heterocycles. The molecule has 1 heterocycles. The van der Waals surface area contributed by atoms with Crippen LogP contribution in [0.2, 0.25) is 0 Å². The Balaban J connectivity index is 1.58. The van der Waals surface area contributed by atoms with Crippen molar-refractivity contribution < 1.29 is 9.53 Å². The molecule has 0 aromatic carbocycles. The fourth-order valence-corrected chi connectivity index (χ4v) is 3.01. The average molecular weight is 253 g/mol. The predicted molar refractivity (Wildman–Crippen MR) is 68.3 cm³/mol. The van der Waals surface area contributed by atoms with E-state index in [0.29, 0.717) is 12.4 Å². The van der Waals surface area contributed by atoms with E-state index in [0.717, 1.165) is 44.4 Å². The number of nitrogens with zero attached hydrogens (tertiary/aromatic N) is 1. The molecule has 0 spiro atoms. The van der Waals surface area contributed by atoms with E-state index in [1.54, 1.807) is 11.3 Å². The number of aromatic nitrogens is 1. The maximum Gasteiger partial charge on any atom is 0.136 e. The Labute approximate surface area is 106 Å². The van der Waals surface area contributed by atoms with Crippen LogP contribution >= 0.6 is 11.3 Å². The summed E-state index contributed by atoms with van der Waals surface area (Å²) in [5.41, 5.74) is 2.99. The first-order valence-corrected chi connectivity index (χ1v) is 7.15. The molecule has 0 saturated heterocycles. The third kappa shape index (κ3) is 3.61. The zero-order valence-electron chi connectivity index (χ0n) is 10.3. The molecule has 1 atom stereocenters. The molecule has 0 amide bonds. The summed E-state index contributed by atoms with van der Waals surface area (Å²) in [5.74, 6) is 0.715. The van der Waals surface area contributed by atoms with E-state index in [1.807, 2.05) is 12.4 Å². The fraction of sp³-hybridized carbons (Fsp3) is 0.692. The minimum Gasteiger partial charge on any atom is -0.381 e.